The molecule has 1 saturated heterocycles. The number of nitriles is 1. The highest BCUT2D eigenvalue weighted by Crippen LogP contribution is 2.22. The number of hydrogen-bond donors (Lipinski definition) is 1. The van der Waals surface area contributed by atoms with E-state index in [0.717, 1.165) is 30.9 Å². The molecule has 1 fully saturated rings. The molecule has 0 unspecified atom stereocenters. The van der Waals surface area contributed by atoms with Crippen LogP contribution >= 0.6 is 0 Å². The lowest BCUT2D eigenvalue weighted by atomic mass is 10.1. The van der Waals surface area contributed by atoms with Crippen LogP contribution in [-0.2, 0) is 4.74 Å². The van der Waals surface area contributed by atoms with Gasteiger partial charge in [0.05, 0.1) is 17.7 Å². The first-order valence-corrected chi connectivity index (χ1v) is 6.99. The summed E-state index contributed by atoms with van der Waals surface area (Å²) in [5, 5.41) is 12.7. The Bertz CT molecular complexity index is 523. The fourth-order valence-electron chi connectivity index (χ4n) is 2.75. The van der Waals surface area contributed by atoms with Crippen LogP contribution < -0.4 is 5.32 Å². The average Bonchev–Trinajstić information content (AvgIpc) is 2.80. The van der Waals surface area contributed by atoms with Crippen LogP contribution in [0.5, 0.6) is 0 Å². The van der Waals surface area contributed by atoms with Gasteiger partial charge in [0.1, 0.15) is 11.9 Å². The maximum Gasteiger partial charge on any atom is 0.144 e. The van der Waals surface area contributed by atoms with E-state index in [1.54, 1.807) is 7.11 Å². The Kier molecular flexibility index (Phi) is 4.58. The molecule has 0 aromatic carbocycles. The molecule has 1 aromatic rings. The summed E-state index contributed by atoms with van der Waals surface area (Å²) in [4.78, 5) is 6.81. The second-order valence-corrected chi connectivity index (χ2v) is 5.29. The number of aryl methyl sites for hydroxylation is 2. The van der Waals surface area contributed by atoms with E-state index in [2.05, 4.69) is 28.2 Å². The molecular formula is C15H22N4O. The maximum absolute atomic E-state index is 9.31. The lowest BCUT2D eigenvalue weighted by Crippen LogP contribution is -2.34. The van der Waals surface area contributed by atoms with Crippen molar-refractivity contribution in [2.45, 2.75) is 32.9 Å². The summed E-state index contributed by atoms with van der Waals surface area (Å²) in [7, 11) is 1.73. The quantitative estimate of drug-likeness (QED) is 0.905. The molecular weight excluding hydrogens is 252 g/mol. The van der Waals surface area contributed by atoms with Gasteiger partial charge in [0.2, 0.25) is 0 Å². The molecule has 0 radical (unpaired) electrons. The molecule has 0 spiro atoms. The zero-order valence-electron chi connectivity index (χ0n) is 12.6. The molecule has 0 bridgehead atoms. The molecule has 5 nitrogen and oxygen atoms in total. The molecule has 1 aliphatic heterocycles. The highest BCUT2D eigenvalue weighted by atomic mass is 16.5. The van der Waals surface area contributed by atoms with Crippen LogP contribution in [0.1, 0.15) is 23.7 Å². The molecule has 2 heterocycles. The number of nitrogens with zero attached hydrogens (tertiary/aromatic N) is 3. The van der Waals surface area contributed by atoms with Gasteiger partial charge >= 0.3 is 0 Å². The van der Waals surface area contributed by atoms with Crippen molar-refractivity contribution in [2.24, 2.45) is 0 Å². The van der Waals surface area contributed by atoms with Crippen molar-refractivity contribution in [1.29, 1.82) is 5.26 Å². The first kappa shape index (κ1) is 14.8. The molecule has 0 amide bonds. The van der Waals surface area contributed by atoms with Crippen molar-refractivity contribution in [1.82, 2.24) is 9.88 Å². The minimum atomic E-state index is 0.129. The molecule has 1 aromatic heterocycles. The Balaban J connectivity index is 2.24. The van der Waals surface area contributed by atoms with E-state index in [-0.39, 0.29) is 12.1 Å². The SMILES string of the molecule is CCN1C[C@H](Nc2nc(C)cc(C)c2C#N)[C@@H](OC)C1. The maximum atomic E-state index is 9.31. The molecule has 2 atom stereocenters. The highest BCUT2D eigenvalue weighted by molar-refractivity contribution is 5.57. The summed E-state index contributed by atoms with van der Waals surface area (Å²) in [5.74, 6) is 0.676. The van der Waals surface area contributed by atoms with E-state index < -0.39 is 0 Å². The molecule has 2 rings (SSSR count). The zero-order valence-corrected chi connectivity index (χ0v) is 12.6. The lowest BCUT2D eigenvalue weighted by molar-refractivity contribution is 0.102. The van der Waals surface area contributed by atoms with Crippen LogP contribution in [0.3, 0.4) is 0 Å². The first-order chi connectivity index (χ1) is 9.58. The number of likely N-dealkylation sites (N-methyl/N-ethyl adjacent to an activating group) is 1. The van der Waals surface area contributed by atoms with Crippen LogP contribution in [0.25, 0.3) is 0 Å². The van der Waals surface area contributed by atoms with E-state index in [0.29, 0.717) is 11.4 Å². The summed E-state index contributed by atoms with van der Waals surface area (Å²) in [6.07, 6.45) is 0.129. The second kappa shape index (κ2) is 6.21. The number of rotatable bonds is 4. The number of likely N-dealkylation sites (tertiary alicyclic amines) is 1. The van der Waals surface area contributed by atoms with Crippen LogP contribution in [0.15, 0.2) is 6.07 Å². The summed E-state index contributed by atoms with van der Waals surface area (Å²) < 4.78 is 5.55. The fourth-order valence-corrected chi connectivity index (χ4v) is 2.75. The number of methoxy groups -OCH3 is 1. The number of anilines is 1. The molecule has 108 valence electrons. The molecule has 20 heavy (non-hydrogen) atoms. The Labute approximate surface area is 120 Å². The summed E-state index contributed by atoms with van der Waals surface area (Å²) in [6.45, 7) is 8.86. The van der Waals surface area contributed by atoms with Gasteiger partial charge in [0.15, 0.2) is 0 Å². The molecule has 5 heteroatoms. The van der Waals surface area contributed by atoms with Gasteiger partial charge in [-0.05, 0) is 32.0 Å². The Hall–Kier alpha value is -1.64. The third-order valence-corrected chi connectivity index (χ3v) is 3.87. The summed E-state index contributed by atoms with van der Waals surface area (Å²) >= 11 is 0. The normalized spacial score (nSPS) is 22.8. The number of ether oxygens (including phenoxy) is 1. The van der Waals surface area contributed by atoms with Crippen LogP contribution in [-0.4, -0.2) is 48.8 Å². The predicted molar refractivity (Wildman–Crippen MR) is 78.7 cm³/mol. The highest BCUT2D eigenvalue weighted by Gasteiger charge is 2.32. The van der Waals surface area contributed by atoms with Gasteiger partial charge in [-0.2, -0.15) is 5.26 Å². The van der Waals surface area contributed by atoms with Crippen molar-refractivity contribution in [3.63, 3.8) is 0 Å². The van der Waals surface area contributed by atoms with Crippen molar-refractivity contribution in [3.05, 3.63) is 22.9 Å². The third kappa shape index (κ3) is 2.92. The molecule has 0 saturated carbocycles. The molecule has 0 aliphatic carbocycles. The largest absolute Gasteiger partial charge is 0.378 e. The summed E-state index contributed by atoms with van der Waals surface area (Å²) in [5.41, 5.74) is 2.51. The minimum absolute atomic E-state index is 0.129. The van der Waals surface area contributed by atoms with E-state index in [1.807, 2.05) is 19.9 Å². The van der Waals surface area contributed by atoms with Crippen molar-refractivity contribution in [3.8, 4) is 6.07 Å². The van der Waals surface area contributed by atoms with Gasteiger partial charge < -0.3 is 10.1 Å². The average molecular weight is 274 g/mol. The van der Waals surface area contributed by atoms with Crippen molar-refractivity contribution in [2.75, 3.05) is 32.1 Å². The van der Waals surface area contributed by atoms with Crippen LogP contribution in [0, 0.1) is 25.2 Å². The number of nitrogens with one attached hydrogen (secondary N) is 1. The smallest absolute Gasteiger partial charge is 0.144 e. The predicted octanol–water partition coefficient (Wildman–Crippen LogP) is 1.70. The van der Waals surface area contributed by atoms with Gasteiger partial charge in [0.25, 0.3) is 0 Å². The van der Waals surface area contributed by atoms with Gasteiger partial charge in [-0.15, -0.1) is 0 Å². The van der Waals surface area contributed by atoms with Gasteiger partial charge in [-0.25, -0.2) is 4.98 Å². The van der Waals surface area contributed by atoms with Crippen LogP contribution in [0.2, 0.25) is 0 Å². The van der Waals surface area contributed by atoms with E-state index in [4.69, 9.17) is 4.74 Å². The fraction of sp³-hybridized carbons (Fsp3) is 0.600. The minimum Gasteiger partial charge on any atom is -0.378 e. The summed E-state index contributed by atoms with van der Waals surface area (Å²) in [6, 6.07) is 4.35. The van der Waals surface area contributed by atoms with E-state index in [1.165, 1.54) is 0 Å². The van der Waals surface area contributed by atoms with E-state index >= 15 is 0 Å². The standard InChI is InChI=1S/C15H22N4O/c1-5-19-8-13(14(9-19)20-4)18-15-12(7-16)10(2)6-11(3)17-15/h6,13-14H,5,8-9H2,1-4H3,(H,17,18)/t13-,14-/m0/s1. The second-order valence-electron chi connectivity index (χ2n) is 5.29. The number of aromatic nitrogens is 1. The Morgan fingerprint density at radius 2 is 2.25 bits per heavy atom. The van der Waals surface area contributed by atoms with Gasteiger partial charge in [-0.3, -0.25) is 4.90 Å². The van der Waals surface area contributed by atoms with E-state index in [9.17, 15) is 5.26 Å². The third-order valence-electron chi connectivity index (χ3n) is 3.87. The number of pyridine rings is 1. The van der Waals surface area contributed by atoms with Crippen LogP contribution in [0.4, 0.5) is 5.82 Å². The zero-order chi connectivity index (χ0) is 14.7. The topological polar surface area (TPSA) is 61.2 Å². The first-order valence-electron chi connectivity index (χ1n) is 6.99. The number of hydrogen-bond acceptors (Lipinski definition) is 5. The lowest BCUT2D eigenvalue weighted by Gasteiger charge is -2.20. The van der Waals surface area contributed by atoms with Gasteiger partial charge in [0, 0.05) is 25.9 Å². The Morgan fingerprint density at radius 1 is 1.50 bits per heavy atom. The van der Waals surface area contributed by atoms with Crippen molar-refractivity contribution < 1.29 is 4.74 Å². The molecule has 1 aliphatic rings. The van der Waals surface area contributed by atoms with Crippen molar-refractivity contribution >= 4 is 5.82 Å². The Morgan fingerprint density at radius 3 is 2.85 bits per heavy atom. The molecule has 1 N–H and O–H groups in total. The van der Waals surface area contributed by atoms with Gasteiger partial charge in [-0.1, -0.05) is 6.92 Å². The monoisotopic (exact) mass is 274 g/mol.